The Bertz CT molecular complexity index is 1090. The number of benzene rings is 2. The van der Waals surface area contributed by atoms with Crippen LogP contribution < -0.4 is 5.32 Å². The molecule has 2 aliphatic heterocycles. The standard InChI is InChI=1S/C20H19Cl2FN2O5S/c21-13-9-14(22)11-15(10-13)24-19(26)17-12-16(1-2-18(17)23)31(27,28)25-5-3-20(4-6-25)29-7-8-30-20/h1-2,9-12H,3-8H2,(H,24,26). The fourth-order valence-corrected chi connectivity index (χ4v) is 5.66. The molecular formula is C20H19Cl2FN2O5S. The van der Waals surface area contributed by atoms with Gasteiger partial charge in [0, 0.05) is 41.7 Å². The van der Waals surface area contributed by atoms with E-state index in [2.05, 4.69) is 5.32 Å². The zero-order chi connectivity index (χ0) is 22.2. The minimum atomic E-state index is -3.93. The normalized spacial score (nSPS) is 18.9. The number of piperidine rings is 1. The summed E-state index contributed by atoms with van der Waals surface area (Å²) in [5.74, 6) is -2.40. The van der Waals surface area contributed by atoms with Crippen molar-refractivity contribution in [2.24, 2.45) is 0 Å². The lowest BCUT2D eigenvalue weighted by Crippen LogP contribution is -2.47. The van der Waals surface area contributed by atoms with E-state index in [1.165, 1.54) is 22.5 Å². The lowest BCUT2D eigenvalue weighted by Gasteiger charge is -2.36. The number of anilines is 1. The number of carbonyl (C=O) groups excluding carboxylic acids is 1. The zero-order valence-electron chi connectivity index (χ0n) is 16.2. The van der Waals surface area contributed by atoms with Gasteiger partial charge in [0.2, 0.25) is 10.0 Å². The Labute approximate surface area is 189 Å². The van der Waals surface area contributed by atoms with E-state index in [1.54, 1.807) is 0 Å². The third-order valence-electron chi connectivity index (χ3n) is 5.24. The number of nitrogens with zero attached hydrogens (tertiary/aromatic N) is 1. The van der Waals surface area contributed by atoms with Gasteiger partial charge in [-0.25, -0.2) is 12.8 Å². The second kappa shape index (κ2) is 8.65. The van der Waals surface area contributed by atoms with Crippen LogP contribution in [-0.2, 0) is 19.5 Å². The fourth-order valence-electron chi connectivity index (χ4n) is 3.67. The molecular weight excluding hydrogens is 470 g/mol. The van der Waals surface area contributed by atoms with Crippen molar-refractivity contribution in [2.45, 2.75) is 23.5 Å². The molecule has 2 heterocycles. The van der Waals surface area contributed by atoms with Crippen molar-refractivity contribution in [1.29, 1.82) is 0 Å². The minimum absolute atomic E-state index is 0.174. The van der Waals surface area contributed by atoms with Crippen molar-refractivity contribution in [2.75, 3.05) is 31.6 Å². The number of rotatable bonds is 4. The van der Waals surface area contributed by atoms with E-state index in [4.69, 9.17) is 32.7 Å². The van der Waals surface area contributed by atoms with Crippen molar-refractivity contribution in [3.8, 4) is 0 Å². The fraction of sp³-hybridized carbons (Fsp3) is 0.350. The van der Waals surface area contributed by atoms with E-state index < -0.39 is 33.1 Å². The second-order valence-corrected chi connectivity index (χ2v) is 10.1. The zero-order valence-corrected chi connectivity index (χ0v) is 18.6. The van der Waals surface area contributed by atoms with Gasteiger partial charge < -0.3 is 14.8 Å². The molecule has 2 fully saturated rings. The first kappa shape index (κ1) is 22.4. The highest BCUT2D eigenvalue weighted by Gasteiger charge is 2.42. The van der Waals surface area contributed by atoms with E-state index in [-0.39, 0.29) is 33.7 Å². The van der Waals surface area contributed by atoms with Crippen LogP contribution in [0.25, 0.3) is 0 Å². The van der Waals surface area contributed by atoms with Gasteiger partial charge in [-0.1, -0.05) is 23.2 Å². The number of ether oxygens (including phenoxy) is 2. The number of hydrogen-bond acceptors (Lipinski definition) is 5. The first-order valence-electron chi connectivity index (χ1n) is 9.54. The van der Waals surface area contributed by atoms with Crippen molar-refractivity contribution in [3.63, 3.8) is 0 Å². The molecule has 4 rings (SSSR count). The van der Waals surface area contributed by atoms with Gasteiger partial charge in [0.15, 0.2) is 5.79 Å². The summed E-state index contributed by atoms with van der Waals surface area (Å²) in [7, 11) is -3.93. The molecule has 166 valence electrons. The number of nitrogens with one attached hydrogen (secondary N) is 1. The van der Waals surface area contributed by atoms with Crippen LogP contribution in [0.2, 0.25) is 10.0 Å². The Hall–Kier alpha value is -1.75. The van der Waals surface area contributed by atoms with Crippen LogP contribution in [0, 0.1) is 5.82 Å². The third kappa shape index (κ3) is 4.72. The highest BCUT2D eigenvalue weighted by Crippen LogP contribution is 2.33. The van der Waals surface area contributed by atoms with Crippen LogP contribution >= 0.6 is 23.2 Å². The molecule has 1 amide bonds. The molecule has 0 bridgehead atoms. The van der Waals surface area contributed by atoms with Gasteiger partial charge in [0.05, 0.1) is 23.7 Å². The topological polar surface area (TPSA) is 84.9 Å². The summed E-state index contributed by atoms with van der Waals surface area (Å²) < 4.78 is 53.0. The smallest absolute Gasteiger partial charge is 0.258 e. The molecule has 7 nitrogen and oxygen atoms in total. The van der Waals surface area contributed by atoms with Gasteiger partial charge in [-0.3, -0.25) is 4.79 Å². The van der Waals surface area contributed by atoms with E-state index in [1.807, 2.05) is 0 Å². The Morgan fingerprint density at radius 1 is 1.03 bits per heavy atom. The second-order valence-electron chi connectivity index (χ2n) is 7.27. The predicted octanol–water partition coefficient (Wildman–Crippen LogP) is 3.91. The highest BCUT2D eigenvalue weighted by atomic mass is 35.5. The third-order valence-corrected chi connectivity index (χ3v) is 7.57. The van der Waals surface area contributed by atoms with Crippen molar-refractivity contribution < 1.29 is 27.1 Å². The number of sulfonamides is 1. The predicted molar refractivity (Wildman–Crippen MR) is 113 cm³/mol. The molecule has 1 N–H and O–H groups in total. The quantitative estimate of drug-likeness (QED) is 0.704. The first-order chi connectivity index (χ1) is 14.7. The molecule has 2 aliphatic rings. The largest absolute Gasteiger partial charge is 0.347 e. The maximum absolute atomic E-state index is 14.4. The van der Waals surface area contributed by atoms with Crippen LogP contribution in [0.5, 0.6) is 0 Å². The SMILES string of the molecule is O=C(Nc1cc(Cl)cc(Cl)c1)c1cc(S(=O)(=O)N2CCC3(CC2)OCCO3)ccc1F. The summed E-state index contributed by atoms with van der Waals surface area (Å²) in [4.78, 5) is 12.4. The van der Waals surface area contributed by atoms with E-state index in [0.29, 0.717) is 26.1 Å². The van der Waals surface area contributed by atoms with Crippen LogP contribution in [0.1, 0.15) is 23.2 Å². The maximum Gasteiger partial charge on any atom is 0.258 e. The van der Waals surface area contributed by atoms with Crippen LogP contribution in [0.3, 0.4) is 0 Å². The molecule has 2 saturated heterocycles. The summed E-state index contributed by atoms with van der Waals surface area (Å²) in [5, 5.41) is 3.06. The summed E-state index contributed by atoms with van der Waals surface area (Å²) in [6, 6.07) is 7.50. The molecule has 2 aromatic carbocycles. The summed E-state index contributed by atoms with van der Waals surface area (Å²) in [6.45, 7) is 1.37. The van der Waals surface area contributed by atoms with E-state index in [0.717, 1.165) is 18.2 Å². The maximum atomic E-state index is 14.4. The molecule has 2 aromatic rings. The summed E-state index contributed by atoms with van der Waals surface area (Å²) >= 11 is 11.8. The Morgan fingerprint density at radius 2 is 1.65 bits per heavy atom. The summed E-state index contributed by atoms with van der Waals surface area (Å²) in [5.41, 5.74) is -0.152. The Balaban J connectivity index is 1.54. The first-order valence-corrected chi connectivity index (χ1v) is 11.7. The molecule has 0 radical (unpaired) electrons. The van der Waals surface area contributed by atoms with Crippen molar-refractivity contribution in [3.05, 3.63) is 57.8 Å². The number of carbonyl (C=O) groups is 1. The van der Waals surface area contributed by atoms with Gasteiger partial charge in [0.25, 0.3) is 5.91 Å². The van der Waals surface area contributed by atoms with Crippen molar-refractivity contribution >= 4 is 44.8 Å². The average Bonchev–Trinajstić information content (AvgIpc) is 3.15. The summed E-state index contributed by atoms with van der Waals surface area (Å²) in [6.07, 6.45) is 0.798. The van der Waals surface area contributed by atoms with E-state index >= 15 is 0 Å². The van der Waals surface area contributed by atoms with Crippen LogP contribution in [0.15, 0.2) is 41.3 Å². The Morgan fingerprint density at radius 3 is 2.26 bits per heavy atom. The van der Waals surface area contributed by atoms with Crippen molar-refractivity contribution in [1.82, 2.24) is 4.31 Å². The van der Waals surface area contributed by atoms with Gasteiger partial charge in [-0.15, -0.1) is 0 Å². The molecule has 0 saturated carbocycles. The number of amides is 1. The van der Waals surface area contributed by atoms with Gasteiger partial charge in [-0.05, 0) is 36.4 Å². The molecule has 31 heavy (non-hydrogen) atoms. The lowest BCUT2D eigenvalue weighted by atomic mass is 10.1. The molecule has 0 aliphatic carbocycles. The van der Waals surface area contributed by atoms with Crippen LogP contribution in [-0.4, -0.2) is 50.7 Å². The molecule has 0 unspecified atom stereocenters. The number of halogens is 3. The van der Waals surface area contributed by atoms with Crippen LogP contribution in [0.4, 0.5) is 10.1 Å². The highest BCUT2D eigenvalue weighted by molar-refractivity contribution is 7.89. The van der Waals surface area contributed by atoms with Gasteiger partial charge >= 0.3 is 0 Å². The molecule has 0 aromatic heterocycles. The van der Waals surface area contributed by atoms with Gasteiger partial charge in [-0.2, -0.15) is 4.31 Å². The van der Waals surface area contributed by atoms with E-state index in [9.17, 15) is 17.6 Å². The average molecular weight is 489 g/mol. The lowest BCUT2D eigenvalue weighted by molar-refractivity contribution is -0.179. The Kier molecular flexibility index (Phi) is 6.26. The molecule has 1 spiro atoms. The van der Waals surface area contributed by atoms with Gasteiger partial charge in [0.1, 0.15) is 5.82 Å². The molecule has 0 atom stereocenters. The minimum Gasteiger partial charge on any atom is -0.347 e. The molecule has 11 heteroatoms. The number of hydrogen-bond donors (Lipinski definition) is 1. The monoisotopic (exact) mass is 488 g/mol.